The highest BCUT2D eigenvalue weighted by atomic mass is 16.6. The second-order valence-electron chi connectivity index (χ2n) is 6.45. The van der Waals surface area contributed by atoms with Crippen molar-refractivity contribution in [1.29, 1.82) is 0 Å². The third kappa shape index (κ3) is 5.54. The van der Waals surface area contributed by atoms with E-state index in [2.05, 4.69) is 10.6 Å². The van der Waals surface area contributed by atoms with E-state index in [4.69, 9.17) is 4.74 Å². The highest BCUT2D eigenvalue weighted by Crippen LogP contribution is 2.18. The molecule has 0 aliphatic rings. The molecule has 0 saturated heterocycles. The van der Waals surface area contributed by atoms with Crippen molar-refractivity contribution < 1.29 is 19.2 Å². The molecule has 1 unspecified atom stereocenters. The predicted octanol–water partition coefficient (Wildman–Crippen LogP) is 3.39. The lowest BCUT2D eigenvalue weighted by Crippen LogP contribution is -2.47. The molecule has 0 heterocycles. The Balaban J connectivity index is 2.09. The van der Waals surface area contributed by atoms with Gasteiger partial charge in [-0.15, -0.1) is 0 Å². The Hall–Kier alpha value is -3.42. The molecule has 2 N–H and O–H groups in total. The molecule has 2 rings (SSSR count). The van der Waals surface area contributed by atoms with Crippen LogP contribution < -0.4 is 15.4 Å². The molecule has 0 aromatic heterocycles. The number of nitro groups is 1. The van der Waals surface area contributed by atoms with Gasteiger partial charge in [-0.05, 0) is 43.2 Å². The van der Waals surface area contributed by atoms with Crippen LogP contribution in [0.5, 0.6) is 5.75 Å². The Morgan fingerprint density at radius 1 is 1.14 bits per heavy atom. The fraction of sp³-hybridized carbons (Fsp3) is 0.300. The standard InChI is InChI=1S/C20H23N3O5/c1-4-28-17-10-8-14(9-11-17)19(24)22-18(13(2)3)20(25)21-15-6-5-7-16(12-15)23(26)27/h5-13,18H,4H2,1-3H3,(H,21,25)(H,22,24). The van der Waals surface area contributed by atoms with Gasteiger partial charge in [0.05, 0.1) is 11.5 Å². The van der Waals surface area contributed by atoms with Gasteiger partial charge >= 0.3 is 0 Å². The molecule has 0 aliphatic carbocycles. The van der Waals surface area contributed by atoms with Crippen LogP contribution in [0.3, 0.4) is 0 Å². The summed E-state index contributed by atoms with van der Waals surface area (Å²) in [4.78, 5) is 35.5. The van der Waals surface area contributed by atoms with E-state index < -0.39 is 22.8 Å². The lowest BCUT2D eigenvalue weighted by molar-refractivity contribution is -0.384. The molecular formula is C20H23N3O5. The maximum Gasteiger partial charge on any atom is 0.271 e. The Morgan fingerprint density at radius 3 is 2.39 bits per heavy atom. The van der Waals surface area contributed by atoms with Crippen LogP contribution in [0, 0.1) is 16.0 Å². The van der Waals surface area contributed by atoms with Gasteiger partial charge in [-0.2, -0.15) is 0 Å². The smallest absolute Gasteiger partial charge is 0.271 e. The number of nitro benzene ring substituents is 1. The van der Waals surface area contributed by atoms with Gasteiger partial charge in [0.15, 0.2) is 0 Å². The van der Waals surface area contributed by atoms with Crippen LogP contribution >= 0.6 is 0 Å². The Labute approximate surface area is 163 Å². The summed E-state index contributed by atoms with van der Waals surface area (Å²) in [5.41, 5.74) is 0.565. The molecule has 0 radical (unpaired) electrons. The van der Waals surface area contributed by atoms with Crippen molar-refractivity contribution in [3.8, 4) is 5.75 Å². The van der Waals surface area contributed by atoms with Crippen molar-refractivity contribution in [3.05, 3.63) is 64.2 Å². The number of carbonyl (C=O) groups is 2. The van der Waals surface area contributed by atoms with Gasteiger partial charge in [0.1, 0.15) is 11.8 Å². The van der Waals surface area contributed by atoms with Gasteiger partial charge in [0, 0.05) is 23.4 Å². The minimum absolute atomic E-state index is 0.127. The maximum absolute atomic E-state index is 12.6. The van der Waals surface area contributed by atoms with E-state index in [0.717, 1.165) is 0 Å². The van der Waals surface area contributed by atoms with Crippen LogP contribution in [0.25, 0.3) is 0 Å². The Kier molecular flexibility index (Phi) is 7.08. The van der Waals surface area contributed by atoms with Crippen molar-refractivity contribution in [1.82, 2.24) is 5.32 Å². The summed E-state index contributed by atoms with van der Waals surface area (Å²) in [6.45, 7) is 6.00. The van der Waals surface area contributed by atoms with E-state index in [-0.39, 0.29) is 11.6 Å². The van der Waals surface area contributed by atoms with Gasteiger partial charge in [-0.3, -0.25) is 19.7 Å². The number of anilines is 1. The summed E-state index contributed by atoms with van der Waals surface area (Å²) >= 11 is 0. The first-order chi connectivity index (χ1) is 13.3. The van der Waals surface area contributed by atoms with E-state index >= 15 is 0 Å². The monoisotopic (exact) mass is 385 g/mol. The SMILES string of the molecule is CCOc1ccc(C(=O)NC(C(=O)Nc2cccc([N+](=O)[O-])c2)C(C)C)cc1. The van der Waals surface area contributed by atoms with E-state index in [1.165, 1.54) is 18.2 Å². The zero-order valence-corrected chi connectivity index (χ0v) is 16.0. The summed E-state index contributed by atoms with van der Waals surface area (Å²) < 4.78 is 5.35. The molecule has 0 aliphatic heterocycles. The minimum atomic E-state index is -0.807. The number of nitrogens with one attached hydrogen (secondary N) is 2. The van der Waals surface area contributed by atoms with Gasteiger partial charge < -0.3 is 15.4 Å². The minimum Gasteiger partial charge on any atom is -0.494 e. The van der Waals surface area contributed by atoms with Crippen molar-refractivity contribution in [3.63, 3.8) is 0 Å². The number of ether oxygens (including phenoxy) is 1. The molecule has 0 bridgehead atoms. The van der Waals surface area contributed by atoms with Gasteiger partial charge in [-0.1, -0.05) is 19.9 Å². The molecule has 0 saturated carbocycles. The molecule has 2 aromatic rings. The molecular weight excluding hydrogens is 362 g/mol. The number of hydrogen-bond donors (Lipinski definition) is 2. The lowest BCUT2D eigenvalue weighted by atomic mass is 10.0. The van der Waals surface area contributed by atoms with Crippen LogP contribution in [-0.2, 0) is 4.79 Å². The Bertz CT molecular complexity index is 849. The second-order valence-corrected chi connectivity index (χ2v) is 6.45. The van der Waals surface area contributed by atoms with Crippen molar-refractivity contribution in [2.75, 3.05) is 11.9 Å². The Morgan fingerprint density at radius 2 is 1.82 bits per heavy atom. The van der Waals surface area contributed by atoms with Gasteiger partial charge in [0.25, 0.3) is 11.6 Å². The number of rotatable bonds is 8. The average molecular weight is 385 g/mol. The number of non-ortho nitro benzene ring substituents is 1. The zero-order valence-electron chi connectivity index (χ0n) is 16.0. The van der Waals surface area contributed by atoms with Crippen LogP contribution in [0.15, 0.2) is 48.5 Å². The fourth-order valence-corrected chi connectivity index (χ4v) is 2.55. The van der Waals surface area contributed by atoms with E-state index in [9.17, 15) is 19.7 Å². The lowest BCUT2D eigenvalue weighted by Gasteiger charge is -2.22. The molecule has 2 aromatic carbocycles. The molecule has 8 heteroatoms. The van der Waals surface area contributed by atoms with Crippen molar-refractivity contribution in [2.24, 2.45) is 5.92 Å². The van der Waals surface area contributed by atoms with Crippen LogP contribution in [0.2, 0.25) is 0 Å². The highest BCUT2D eigenvalue weighted by molar-refractivity contribution is 6.01. The van der Waals surface area contributed by atoms with E-state index in [1.807, 2.05) is 6.92 Å². The average Bonchev–Trinajstić information content (AvgIpc) is 2.66. The topological polar surface area (TPSA) is 111 Å². The third-order valence-electron chi connectivity index (χ3n) is 3.99. The predicted molar refractivity (Wildman–Crippen MR) is 105 cm³/mol. The molecule has 8 nitrogen and oxygen atoms in total. The molecule has 28 heavy (non-hydrogen) atoms. The summed E-state index contributed by atoms with van der Waals surface area (Å²) in [5, 5.41) is 16.2. The molecule has 0 fully saturated rings. The van der Waals surface area contributed by atoms with Crippen LogP contribution in [-0.4, -0.2) is 29.4 Å². The first-order valence-electron chi connectivity index (χ1n) is 8.91. The number of amides is 2. The molecule has 0 spiro atoms. The normalized spacial score (nSPS) is 11.6. The van der Waals surface area contributed by atoms with Crippen molar-refractivity contribution >= 4 is 23.2 Å². The largest absolute Gasteiger partial charge is 0.494 e. The highest BCUT2D eigenvalue weighted by Gasteiger charge is 2.25. The van der Waals surface area contributed by atoms with Gasteiger partial charge in [0.2, 0.25) is 5.91 Å². The fourth-order valence-electron chi connectivity index (χ4n) is 2.55. The number of benzene rings is 2. The summed E-state index contributed by atoms with van der Waals surface area (Å²) in [5.74, 6) is -0.376. The second kappa shape index (κ2) is 9.50. The number of carbonyl (C=O) groups excluding carboxylic acids is 2. The van der Waals surface area contributed by atoms with Crippen LogP contribution in [0.4, 0.5) is 11.4 Å². The number of nitrogens with zero attached hydrogens (tertiary/aromatic N) is 1. The summed E-state index contributed by atoms with van der Waals surface area (Å²) in [6.07, 6.45) is 0. The van der Waals surface area contributed by atoms with E-state index in [0.29, 0.717) is 23.6 Å². The first-order valence-corrected chi connectivity index (χ1v) is 8.91. The molecule has 148 valence electrons. The van der Waals surface area contributed by atoms with Gasteiger partial charge in [-0.25, -0.2) is 0 Å². The molecule has 2 amide bonds. The first kappa shape index (κ1) is 20.9. The summed E-state index contributed by atoms with van der Waals surface area (Å²) in [7, 11) is 0. The maximum atomic E-state index is 12.6. The van der Waals surface area contributed by atoms with E-state index in [1.54, 1.807) is 44.2 Å². The molecule has 1 atom stereocenters. The number of hydrogen-bond acceptors (Lipinski definition) is 5. The zero-order chi connectivity index (χ0) is 20.7. The third-order valence-corrected chi connectivity index (χ3v) is 3.99. The quantitative estimate of drug-likeness (QED) is 0.534. The van der Waals surface area contributed by atoms with Crippen LogP contribution in [0.1, 0.15) is 31.1 Å². The van der Waals surface area contributed by atoms with Crippen molar-refractivity contribution in [2.45, 2.75) is 26.8 Å². The summed E-state index contributed by atoms with van der Waals surface area (Å²) in [6, 6.07) is 11.4.